The standard InChI is InChI=1S/C12H13NO/c1-4-10-5-6-11(9(3)14)12(7-13)8(10)2/h5-6H,4H2,1-3H3. The van der Waals surface area contributed by atoms with Crippen molar-refractivity contribution in [2.75, 3.05) is 0 Å². The van der Waals surface area contributed by atoms with Crippen molar-refractivity contribution >= 4 is 5.78 Å². The van der Waals surface area contributed by atoms with E-state index < -0.39 is 0 Å². The van der Waals surface area contributed by atoms with Crippen LogP contribution in [0.2, 0.25) is 0 Å². The van der Waals surface area contributed by atoms with E-state index in [4.69, 9.17) is 5.26 Å². The topological polar surface area (TPSA) is 40.9 Å². The largest absolute Gasteiger partial charge is 0.294 e. The monoisotopic (exact) mass is 187 g/mol. The van der Waals surface area contributed by atoms with Crippen LogP contribution in [0.4, 0.5) is 0 Å². The smallest absolute Gasteiger partial charge is 0.161 e. The molecule has 0 atom stereocenters. The molecule has 0 radical (unpaired) electrons. The van der Waals surface area contributed by atoms with Crippen LogP contribution in [-0.4, -0.2) is 5.78 Å². The molecule has 72 valence electrons. The van der Waals surface area contributed by atoms with E-state index in [0.29, 0.717) is 11.1 Å². The first-order valence-corrected chi connectivity index (χ1v) is 4.65. The van der Waals surface area contributed by atoms with Gasteiger partial charge in [0.25, 0.3) is 0 Å². The molecule has 0 amide bonds. The van der Waals surface area contributed by atoms with Gasteiger partial charge in [-0.3, -0.25) is 4.79 Å². The molecule has 0 saturated heterocycles. The van der Waals surface area contributed by atoms with Crippen molar-refractivity contribution < 1.29 is 4.79 Å². The molecule has 0 spiro atoms. The summed E-state index contributed by atoms with van der Waals surface area (Å²) in [4.78, 5) is 11.2. The van der Waals surface area contributed by atoms with Crippen LogP contribution in [-0.2, 0) is 6.42 Å². The van der Waals surface area contributed by atoms with E-state index in [1.165, 1.54) is 6.92 Å². The van der Waals surface area contributed by atoms with E-state index in [2.05, 4.69) is 6.07 Å². The summed E-state index contributed by atoms with van der Waals surface area (Å²) in [5.41, 5.74) is 3.12. The molecule has 0 aliphatic rings. The summed E-state index contributed by atoms with van der Waals surface area (Å²) in [6.45, 7) is 5.42. The van der Waals surface area contributed by atoms with Crippen molar-refractivity contribution in [3.8, 4) is 6.07 Å². The Balaban J connectivity index is 3.45. The lowest BCUT2D eigenvalue weighted by molar-refractivity contribution is 0.101. The molecule has 0 bridgehead atoms. The minimum atomic E-state index is -0.0488. The maximum absolute atomic E-state index is 11.2. The zero-order chi connectivity index (χ0) is 10.7. The van der Waals surface area contributed by atoms with E-state index in [-0.39, 0.29) is 5.78 Å². The van der Waals surface area contributed by atoms with Gasteiger partial charge in [-0.15, -0.1) is 0 Å². The predicted molar refractivity (Wildman–Crippen MR) is 55.3 cm³/mol. The highest BCUT2D eigenvalue weighted by atomic mass is 16.1. The zero-order valence-corrected chi connectivity index (χ0v) is 8.72. The average Bonchev–Trinajstić information content (AvgIpc) is 2.17. The number of benzene rings is 1. The predicted octanol–water partition coefficient (Wildman–Crippen LogP) is 2.63. The third kappa shape index (κ3) is 1.67. The van der Waals surface area contributed by atoms with Gasteiger partial charge in [0, 0.05) is 5.56 Å². The Hall–Kier alpha value is -1.62. The fourth-order valence-corrected chi connectivity index (χ4v) is 1.58. The van der Waals surface area contributed by atoms with Crippen LogP contribution in [0, 0.1) is 18.3 Å². The number of Topliss-reactive ketones (excluding diaryl/α,β-unsaturated/α-hetero) is 1. The van der Waals surface area contributed by atoms with Gasteiger partial charge in [-0.05, 0) is 37.5 Å². The van der Waals surface area contributed by atoms with Gasteiger partial charge in [0.05, 0.1) is 5.56 Å². The Bertz CT molecular complexity index is 413. The molecule has 0 aliphatic heterocycles. The Kier molecular flexibility index (Phi) is 3.03. The van der Waals surface area contributed by atoms with Gasteiger partial charge < -0.3 is 0 Å². The maximum Gasteiger partial charge on any atom is 0.161 e. The summed E-state index contributed by atoms with van der Waals surface area (Å²) in [7, 11) is 0. The molecule has 1 rings (SSSR count). The molecule has 0 heterocycles. The van der Waals surface area contributed by atoms with Gasteiger partial charge in [-0.1, -0.05) is 13.0 Å². The summed E-state index contributed by atoms with van der Waals surface area (Å²) >= 11 is 0. The highest BCUT2D eigenvalue weighted by Crippen LogP contribution is 2.18. The van der Waals surface area contributed by atoms with Crippen molar-refractivity contribution in [3.63, 3.8) is 0 Å². The van der Waals surface area contributed by atoms with E-state index in [1.807, 2.05) is 19.9 Å². The number of hydrogen-bond donors (Lipinski definition) is 0. The lowest BCUT2D eigenvalue weighted by Gasteiger charge is -2.07. The Morgan fingerprint density at radius 1 is 1.50 bits per heavy atom. The third-order valence-corrected chi connectivity index (χ3v) is 2.45. The minimum absolute atomic E-state index is 0.0488. The summed E-state index contributed by atoms with van der Waals surface area (Å²) < 4.78 is 0. The Morgan fingerprint density at radius 2 is 2.14 bits per heavy atom. The number of hydrogen-bond acceptors (Lipinski definition) is 2. The number of nitriles is 1. The van der Waals surface area contributed by atoms with Crippen LogP contribution in [0.1, 0.15) is 40.9 Å². The van der Waals surface area contributed by atoms with Crippen molar-refractivity contribution in [2.45, 2.75) is 27.2 Å². The summed E-state index contributed by atoms with van der Waals surface area (Å²) in [6, 6.07) is 5.77. The fourth-order valence-electron chi connectivity index (χ4n) is 1.58. The summed E-state index contributed by atoms with van der Waals surface area (Å²) in [5.74, 6) is -0.0488. The SMILES string of the molecule is CCc1ccc(C(C)=O)c(C#N)c1C. The molecular formula is C12H13NO. The zero-order valence-electron chi connectivity index (χ0n) is 8.72. The van der Waals surface area contributed by atoms with Crippen molar-refractivity contribution in [2.24, 2.45) is 0 Å². The second-order valence-electron chi connectivity index (χ2n) is 3.29. The van der Waals surface area contributed by atoms with Crippen LogP contribution >= 0.6 is 0 Å². The van der Waals surface area contributed by atoms with E-state index in [0.717, 1.165) is 17.5 Å². The van der Waals surface area contributed by atoms with E-state index in [9.17, 15) is 4.79 Å². The van der Waals surface area contributed by atoms with Crippen molar-refractivity contribution in [1.29, 1.82) is 5.26 Å². The number of carbonyl (C=O) groups is 1. The van der Waals surface area contributed by atoms with Crippen molar-refractivity contribution in [3.05, 3.63) is 34.4 Å². The second kappa shape index (κ2) is 4.06. The van der Waals surface area contributed by atoms with Crippen LogP contribution in [0.15, 0.2) is 12.1 Å². The van der Waals surface area contributed by atoms with Crippen LogP contribution in [0.25, 0.3) is 0 Å². The quantitative estimate of drug-likeness (QED) is 0.668. The third-order valence-electron chi connectivity index (χ3n) is 2.45. The van der Waals surface area contributed by atoms with E-state index in [1.54, 1.807) is 6.07 Å². The highest BCUT2D eigenvalue weighted by molar-refractivity contribution is 5.97. The molecule has 2 nitrogen and oxygen atoms in total. The van der Waals surface area contributed by atoms with Crippen LogP contribution in [0.5, 0.6) is 0 Å². The Labute approximate surface area is 84.2 Å². The number of carbonyl (C=O) groups excluding carboxylic acids is 1. The number of nitrogens with zero attached hydrogens (tertiary/aromatic N) is 1. The molecule has 0 aliphatic carbocycles. The number of ketones is 1. The lowest BCUT2D eigenvalue weighted by Crippen LogP contribution is -2.01. The average molecular weight is 187 g/mol. The molecular weight excluding hydrogens is 174 g/mol. The van der Waals surface area contributed by atoms with Gasteiger partial charge in [0.15, 0.2) is 5.78 Å². The number of aryl methyl sites for hydroxylation is 1. The van der Waals surface area contributed by atoms with Gasteiger partial charge in [0.1, 0.15) is 6.07 Å². The maximum atomic E-state index is 11.2. The number of rotatable bonds is 2. The van der Waals surface area contributed by atoms with Crippen LogP contribution in [0.3, 0.4) is 0 Å². The van der Waals surface area contributed by atoms with Gasteiger partial charge in [-0.2, -0.15) is 5.26 Å². The van der Waals surface area contributed by atoms with Crippen molar-refractivity contribution in [1.82, 2.24) is 0 Å². The molecule has 0 unspecified atom stereocenters. The summed E-state index contributed by atoms with van der Waals surface area (Å²) in [5, 5.41) is 8.97. The van der Waals surface area contributed by atoms with Gasteiger partial charge in [0.2, 0.25) is 0 Å². The second-order valence-corrected chi connectivity index (χ2v) is 3.29. The minimum Gasteiger partial charge on any atom is -0.294 e. The van der Waals surface area contributed by atoms with Crippen LogP contribution < -0.4 is 0 Å². The Morgan fingerprint density at radius 3 is 2.57 bits per heavy atom. The molecule has 0 aromatic heterocycles. The molecule has 2 heteroatoms. The first-order chi connectivity index (χ1) is 6.61. The highest BCUT2D eigenvalue weighted by Gasteiger charge is 2.11. The molecule has 0 saturated carbocycles. The van der Waals surface area contributed by atoms with E-state index >= 15 is 0 Å². The van der Waals surface area contributed by atoms with Gasteiger partial charge in [-0.25, -0.2) is 0 Å². The molecule has 14 heavy (non-hydrogen) atoms. The lowest BCUT2D eigenvalue weighted by atomic mass is 9.95. The molecule has 1 aromatic rings. The normalized spacial score (nSPS) is 9.57. The first-order valence-electron chi connectivity index (χ1n) is 4.65. The molecule has 0 N–H and O–H groups in total. The first kappa shape index (κ1) is 10.5. The fraction of sp³-hybridized carbons (Fsp3) is 0.333. The molecule has 0 fully saturated rings. The van der Waals surface area contributed by atoms with Gasteiger partial charge >= 0.3 is 0 Å². The molecule has 1 aromatic carbocycles. The summed E-state index contributed by atoms with van der Waals surface area (Å²) in [6.07, 6.45) is 0.888.